The first kappa shape index (κ1) is 20.3. The number of carboxylic acids is 1. The maximum atomic E-state index is 10.9. The normalized spacial score (nSPS) is 10.7. The van der Waals surface area contributed by atoms with Gasteiger partial charge in [0, 0.05) is 17.5 Å². The number of carbonyl (C=O) groups is 1. The first-order valence-electron chi connectivity index (χ1n) is 9.66. The van der Waals surface area contributed by atoms with E-state index in [9.17, 15) is 4.79 Å². The Labute approximate surface area is 170 Å². The highest BCUT2D eigenvalue weighted by Crippen LogP contribution is 2.21. The molecule has 3 aromatic rings. The molecule has 0 aliphatic heterocycles. The van der Waals surface area contributed by atoms with E-state index in [0.29, 0.717) is 18.8 Å². The molecule has 0 fully saturated rings. The van der Waals surface area contributed by atoms with Gasteiger partial charge < -0.3 is 9.84 Å². The van der Waals surface area contributed by atoms with E-state index < -0.39 is 5.97 Å². The maximum absolute atomic E-state index is 10.9. The van der Waals surface area contributed by atoms with Crippen LogP contribution in [-0.2, 0) is 24.2 Å². The highest BCUT2D eigenvalue weighted by Gasteiger charge is 2.17. The fraction of sp³-hybridized carbons (Fsp3) is 0.261. The van der Waals surface area contributed by atoms with Crippen LogP contribution in [0.15, 0.2) is 60.7 Å². The summed E-state index contributed by atoms with van der Waals surface area (Å²) >= 11 is 0. The number of aryl methyl sites for hydroxylation is 3. The van der Waals surface area contributed by atoms with Crippen molar-refractivity contribution in [1.82, 2.24) is 5.10 Å². The molecule has 1 aromatic heterocycles. The van der Waals surface area contributed by atoms with Crippen LogP contribution in [0.3, 0.4) is 0 Å². The van der Waals surface area contributed by atoms with Crippen LogP contribution in [0.4, 0.5) is 5.82 Å². The van der Waals surface area contributed by atoms with E-state index in [1.807, 2.05) is 48.5 Å². The Kier molecular flexibility index (Phi) is 6.79. The molecule has 0 bridgehead atoms. The number of anilines is 1. The van der Waals surface area contributed by atoms with Crippen LogP contribution in [0.5, 0.6) is 5.75 Å². The minimum absolute atomic E-state index is 0.0882. The zero-order valence-corrected chi connectivity index (χ0v) is 16.5. The van der Waals surface area contributed by atoms with Crippen LogP contribution < -0.4 is 15.2 Å². The molecule has 29 heavy (non-hydrogen) atoms. The number of ether oxygens (including phenoxy) is 1. The van der Waals surface area contributed by atoms with Gasteiger partial charge >= 0.3 is 5.97 Å². The minimum atomic E-state index is -0.817. The van der Waals surface area contributed by atoms with Gasteiger partial charge in [0.2, 0.25) is 0 Å². The molecule has 0 atom stereocenters. The lowest BCUT2D eigenvalue weighted by Crippen LogP contribution is -2.42. The molecule has 0 aliphatic carbocycles. The lowest BCUT2D eigenvalue weighted by molar-refractivity contribution is -0.740. The lowest BCUT2D eigenvalue weighted by atomic mass is 10.0. The summed E-state index contributed by atoms with van der Waals surface area (Å²) in [7, 11) is 1.65. The maximum Gasteiger partial charge on any atom is 0.303 e. The van der Waals surface area contributed by atoms with Crippen LogP contribution in [0.1, 0.15) is 24.0 Å². The van der Waals surface area contributed by atoms with Crippen molar-refractivity contribution < 1.29 is 19.3 Å². The lowest BCUT2D eigenvalue weighted by Gasteiger charge is -2.10. The zero-order chi connectivity index (χ0) is 20.6. The Morgan fingerprint density at radius 1 is 1.10 bits per heavy atom. The minimum Gasteiger partial charge on any atom is -0.497 e. The van der Waals surface area contributed by atoms with Gasteiger partial charge in [0.05, 0.1) is 7.11 Å². The highest BCUT2D eigenvalue weighted by molar-refractivity contribution is 5.66. The molecule has 0 amide bonds. The molecule has 0 spiro atoms. The molecule has 0 saturated heterocycles. The molecule has 150 valence electrons. The van der Waals surface area contributed by atoms with Gasteiger partial charge in [0.25, 0.3) is 5.82 Å². The average molecular weight is 392 g/mol. The molecule has 0 saturated carbocycles. The number of hydrogen-bond acceptors (Lipinski definition) is 4. The standard InChI is InChI=1S/C23H25N3O3/c1-29-20-13-10-17(11-14-20)9-12-19-16-21(18-6-3-2-4-7-18)25-26(23(19)24)15-5-8-22(27)28/h2-4,6-7,10-11,13-14,16,24H,5,8-9,12,15H2,1H3,(H,27,28)/p+1. The number of hydrogen-bond donors (Lipinski definition) is 2. The molecule has 3 N–H and O–H groups in total. The topological polar surface area (TPSA) is 89.3 Å². The molecule has 2 aromatic carbocycles. The predicted molar refractivity (Wildman–Crippen MR) is 112 cm³/mol. The van der Waals surface area contributed by atoms with Crippen LogP contribution >= 0.6 is 0 Å². The molecule has 6 heteroatoms. The average Bonchev–Trinajstić information content (AvgIpc) is 2.74. The van der Waals surface area contributed by atoms with Gasteiger partial charge in [-0.3, -0.25) is 10.5 Å². The number of nitrogens with two attached hydrogens (primary N) is 1. The molecule has 0 unspecified atom stereocenters. The van der Waals surface area contributed by atoms with Gasteiger partial charge in [0.15, 0.2) is 0 Å². The van der Waals surface area contributed by atoms with Crippen LogP contribution in [0.25, 0.3) is 11.3 Å². The Morgan fingerprint density at radius 2 is 1.83 bits per heavy atom. The Bertz CT molecular complexity index is 957. The fourth-order valence-electron chi connectivity index (χ4n) is 3.19. The van der Waals surface area contributed by atoms with Crippen molar-refractivity contribution in [2.45, 2.75) is 32.2 Å². The van der Waals surface area contributed by atoms with Gasteiger partial charge in [-0.2, -0.15) is 0 Å². The number of benzene rings is 2. The van der Waals surface area contributed by atoms with E-state index in [1.165, 1.54) is 5.56 Å². The van der Waals surface area contributed by atoms with Gasteiger partial charge in [-0.25, -0.2) is 0 Å². The monoisotopic (exact) mass is 392 g/mol. The highest BCUT2D eigenvalue weighted by atomic mass is 16.5. The van der Waals surface area contributed by atoms with Crippen molar-refractivity contribution in [1.29, 1.82) is 0 Å². The Balaban J connectivity index is 1.85. The van der Waals surface area contributed by atoms with Gasteiger partial charge in [-0.15, -0.1) is 4.68 Å². The summed E-state index contributed by atoms with van der Waals surface area (Å²) in [6.45, 7) is 0.467. The van der Waals surface area contributed by atoms with Crippen LogP contribution in [0, 0.1) is 0 Å². The van der Waals surface area contributed by atoms with Crippen LogP contribution in [0.2, 0.25) is 0 Å². The fourth-order valence-corrected chi connectivity index (χ4v) is 3.19. The largest absolute Gasteiger partial charge is 0.497 e. The van der Waals surface area contributed by atoms with E-state index >= 15 is 0 Å². The van der Waals surface area contributed by atoms with Crippen molar-refractivity contribution in [2.24, 2.45) is 0 Å². The summed E-state index contributed by atoms with van der Waals surface area (Å²) in [5.41, 5.74) is 10.4. The summed E-state index contributed by atoms with van der Waals surface area (Å²) in [6, 6.07) is 20.0. The Morgan fingerprint density at radius 3 is 2.48 bits per heavy atom. The van der Waals surface area contributed by atoms with E-state index in [4.69, 9.17) is 15.6 Å². The third-order valence-corrected chi connectivity index (χ3v) is 4.82. The van der Waals surface area contributed by atoms with Crippen molar-refractivity contribution in [3.63, 3.8) is 0 Å². The number of carboxylic acid groups (broad SMARTS) is 1. The van der Waals surface area contributed by atoms with Crippen molar-refractivity contribution >= 4 is 11.8 Å². The number of aliphatic carboxylic acids is 1. The second kappa shape index (κ2) is 9.68. The van der Waals surface area contributed by atoms with Crippen molar-refractivity contribution in [3.8, 4) is 17.0 Å². The van der Waals surface area contributed by atoms with Gasteiger partial charge in [-0.1, -0.05) is 47.6 Å². The van der Waals surface area contributed by atoms with E-state index in [2.05, 4.69) is 17.2 Å². The van der Waals surface area contributed by atoms with E-state index in [0.717, 1.165) is 35.4 Å². The number of nitrogens with zero attached hydrogens (tertiary/aromatic N) is 2. The second-order valence-corrected chi connectivity index (χ2v) is 6.87. The smallest absolute Gasteiger partial charge is 0.303 e. The van der Waals surface area contributed by atoms with E-state index in [-0.39, 0.29) is 6.42 Å². The summed E-state index contributed by atoms with van der Waals surface area (Å²) in [4.78, 5) is 10.9. The Hall–Kier alpha value is -3.41. The number of methoxy groups -OCH3 is 1. The second-order valence-electron chi connectivity index (χ2n) is 6.87. The van der Waals surface area contributed by atoms with E-state index in [1.54, 1.807) is 11.8 Å². The summed E-state index contributed by atoms with van der Waals surface area (Å²) in [5, 5.41) is 13.6. The molecule has 0 aliphatic rings. The number of rotatable bonds is 9. The molecule has 0 radical (unpaired) electrons. The summed E-state index contributed by atoms with van der Waals surface area (Å²) in [5.74, 6) is 0.603. The molecular weight excluding hydrogens is 366 g/mol. The first-order valence-corrected chi connectivity index (χ1v) is 9.66. The van der Waals surface area contributed by atoms with Crippen molar-refractivity contribution in [3.05, 3.63) is 71.8 Å². The van der Waals surface area contributed by atoms with Crippen molar-refractivity contribution in [2.75, 3.05) is 12.8 Å². The molecule has 1 heterocycles. The van der Waals surface area contributed by atoms with Crippen LogP contribution in [-0.4, -0.2) is 23.3 Å². The third-order valence-electron chi connectivity index (χ3n) is 4.82. The third kappa shape index (κ3) is 5.54. The number of nitrogen functional groups attached to an aromatic ring is 1. The summed E-state index contributed by atoms with van der Waals surface area (Å²) < 4.78 is 6.94. The SMILES string of the molecule is COc1ccc(CCc2cc(-c3ccccc3)n[n+](CCCC(=O)O)c2N)cc1. The van der Waals surface area contributed by atoms with Gasteiger partial charge in [0.1, 0.15) is 18.0 Å². The zero-order valence-electron chi connectivity index (χ0n) is 16.5. The quantitative estimate of drug-likeness (QED) is 0.546. The molecule has 6 nitrogen and oxygen atoms in total. The predicted octanol–water partition coefficient (Wildman–Crippen LogP) is 3.28. The first-order chi connectivity index (χ1) is 14.1. The number of aromatic nitrogens is 2. The molecular formula is C23H26N3O3+. The van der Waals surface area contributed by atoms with Gasteiger partial charge in [-0.05, 0) is 43.0 Å². The summed E-state index contributed by atoms with van der Waals surface area (Å²) in [6.07, 6.45) is 2.17. The molecule has 3 rings (SSSR count).